The number of carboxylic acids is 1. The molecule has 0 bridgehead atoms. The van der Waals surface area contributed by atoms with Crippen LogP contribution in [0.5, 0.6) is 0 Å². The molecule has 0 aromatic heterocycles. The van der Waals surface area contributed by atoms with Gasteiger partial charge in [-0.15, -0.1) is 0 Å². The Morgan fingerprint density at radius 1 is 0.955 bits per heavy atom. The van der Waals surface area contributed by atoms with E-state index in [-0.39, 0.29) is 17.1 Å². The van der Waals surface area contributed by atoms with Gasteiger partial charge in [0.25, 0.3) is 0 Å². The minimum absolute atomic E-state index is 0. The molecule has 0 amide bonds. The summed E-state index contributed by atoms with van der Waals surface area (Å²) >= 11 is 0. The number of rotatable bonds is 8. The van der Waals surface area contributed by atoms with Gasteiger partial charge in [0.05, 0.1) is 5.56 Å². The summed E-state index contributed by atoms with van der Waals surface area (Å²) in [5.74, 6) is -0.818. The number of hydrogen-bond donors (Lipinski definition) is 1. The Morgan fingerprint density at radius 2 is 1.64 bits per heavy atom. The van der Waals surface area contributed by atoms with Crippen molar-refractivity contribution in [3.63, 3.8) is 0 Å². The molecule has 0 saturated heterocycles. The Labute approximate surface area is 143 Å². The molecule has 1 N–H and O–H groups in total. The maximum absolute atomic E-state index is 11.4. The summed E-state index contributed by atoms with van der Waals surface area (Å²) in [5, 5.41) is 11.6. The van der Waals surface area contributed by atoms with E-state index in [2.05, 4.69) is 6.92 Å². The molecule has 0 unspecified atom stereocenters. The van der Waals surface area contributed by atoms with E-state index in [1.807, 2.05) is 30.3 Å². The summed E-state index contributed by atoms with van der Waals surface area (Å²) < 4.78 is 0. The molecular weight excluding hydrogens is 316 g/mol. The van der Waals surface area contributed by atoms with Crippen LogP contribution in [0.3, 0.4) is 0 Å². The molecule has 0 aliphatic heterocycles. The topological polar surface area (TPSA) is 37.3 Å². The summed E-state index contributed by atoms with van der Waals surface area (Å²) in [6, 6.07) is 11.7. The zero-order chi connectivity index (χ0) is 15.1. The zero-order valence-corrected chi connectivity index (χ0v) is 14.2. The van der Waals surface area contributed by atoms with Crippen molar-refractivity contribution in [2.24, 2.45) is 0 Å². The van der Waals surface area contributed by atoms with Crippen LogP contribution in [0.25, 0.3) is 10.8 Å². The molecule has 0 spiro atoms. The third-order valence-electron chi connectivity index (χ3n) is 4.05. The third kappa shape index (κ3) is 4.86. The number of fused-ring (bicyclic) bond motifs is 1. The summed E-state index contributed by atoms with van der Waals surface area (Å²) in [4.78, 5) is 11.4. The Kier molecular flexibility index (Phi) is 8.22. The predicted octanol–water partition coefficient (Wildman–Crippen LogP) is 5.44. The van der Waals surface area contributed by atoms with Crippen molar-refractivity contribution >= 4 is 16.7 Å². The Balaban J connectivity index is 0.00000242. The first-order valence-electron chi connectivity index (χ1n) is 7.98. The van der Waals surface area contributed by atoms with E-state index in [0.717, 1.165) is 29.2 Å². The molecule has 0 radical (unpaired) electrons. The SMILES string of the molecule is CCCCCCCCc1c(C(=O)O)ccc2ccccc12.[Fe]. The molecule has 0 fully saturated rings. The first kappa shape index (κ1) is 18.7. The second-order valence-corrected chi connectivity index (χ2v) is 5.64. The van der Waals surface area contributed by atoms with Gasteiger partial charge in [0.15, 0.2) is 0 Å². The van der Waals surface area contributed by atoms with Gasteiger partial charge in [-0.05, 0) is 35.2 Å². The van der Waals surface area contributed by atoms with Crippen molar-refractivity contribution in [1.82, 2.24) is 0 Å². The van der Waals surface area contributed by atoms with Crippen molar-refractivity contribution in [2.75, 3.05) is 0 Å². The van der Waals surface area contributed by atoms with Crippen molar-refractivity contribution in [2.45, 2.75) is 51.9 Å². The number of hydrogen-bond acceptors (Lipinski definition) is 1. The smallest absolute Gasteiger partial charge is 0.335 e. The van der Waals surface area contributed by atoms with Gasteiger partial charge in [-0.1, -0.05) is 69.4 Å². The van der Waals surface area contributed by atoms with Crippen molar-refractivity contribution in [3.8, 4) is 0 Å². The van der Waals surface area contributed by atoms with Crippen LogP contribution >= 0.6 is 0 Å². The molecule has 0 heterocycles. The van der Waals surface area contributed by atoms with E-state index in [4.69, 9.17) is 0 Å². The second kappa shape index (κ2) is 9.65. The molecule has 2 rings (SSSR count). The molecule has 22 heavy (non-hydrogen) atoms. The number of aromatic carboxylic acids is 1. The van der Waals surface area contributed by atoms with Gasteiger partial charge in [-0.25, -0.2) is 4.79 Å². The number of aryl methyl sites for hydroxylation is 1. The van der Waals surface area contributed by atoms with E-state index in [0.29, 0.717) is 5.56 Å². The summed E-state index contributed by atoms with van der Waals surface area (Å²) in [5.41, 5.74) is 1.46. The molecule has 0 saturated carbocycles. The van der Waals surface area contributed by atoms with Crippen molar-refractivity contribution < 1.29 is 27.0 Å². The van der Waals surface area contributed by atoms with E-state index in [1.54, 1.807) is 6.07 Å². The van der Waals surface area contributed by atoms with Crippen molar-refractivity contribution in [1.29, 1.82) is 0 Å². The van der Waals surface area contributed by atoms with Crippen LogP contribution in [0, 0.1) is 0 Å². The molecular formula is C19H24FeO2. The van der Waals surface area contributed by atoms with Crippen LogP contribution in [0.15, 0.2) is 36.4 Å². The standard InChI is InChI=1S/C19H24O2.Fe/c1-2-3-4-5-6-7-12-17-16-11-9-8-10-15(16)13-14-18(17)19(20)21;/h8-11,13-14H,2-7,12H2,1H3,(H,20,21);. The number of unbranched alkanes of at least 4 members (excludes halogenated alkanes) is 5. The van der Waals surface area contributed by atoms with Gasteiger partial charge in [-0.2, -0.15) is 0 Å². The molecule has 0 atom stereocenters. The molecule has 2 aromatic carbocycles. The predicted molar refractivity (Wildman–Crippen MR) is 88.0 cm³/mol. The van der Waals surface area contributed by atoms with Crippen molar-refractivity contribution in [3.05, 3.63) is 47.5 Å². The van der Waals surface area contributed by atoms with E-state index in [1.165, 1.54) is 32.1 Å². The minimum atomic E-state index is -0.818. The van der Waals surface area contributed by atoms with Gasteiger partial charge in [0, 0.05) is 17.1 Å². The molecule has 120 valence electrons. The quantitative estimate of drug-likeness (QED) is 0.513. The summed E-state index contributed by atoms with van der Waals surface area (Å²) in [7, 11) is 0. The fraction of sp³-hybridized carbons (Fsp3) is 0.421. The van der Waals surface area contributed by atoms with Gasteiger partial charge in [0.2, 0.25) is 0 Å². The van der Waals surface area contributed by atoms with Crippen LogP contribution in [0.2, 0.25) is 0 Å². The summed E-state index contributed by atoms with van der Waals surface area (Å²) in [6.45, 7) is 2.22. The normalized spacial score (nSPS) is 10.4. The average Bonchev–Trinajstić information content (AvgIpc) is 2.50. The average molecular weight is 340 g/mol. The van der Waals surface area contributed by atoms with Gasteiger partial charge < -0.3 is 5.11 Å². The van der Waals surface area contributed by atoms with E-state index in [9.17, 15) is 9.90 Å². The van der Waals surface area contributed by atoms with Gasteiger partial charge in [-0.3, -0.25) is 0 Å². The number of benzene rings is 2. The van der Waals surface area contributed by atoms with Gasteiger partial charge >= 0.3 is 5.97 Å². The molecule has 3 heteroatoms. The maximum Gasteiger partial charge on any atom is 0.335 e. The Hall–Kier alpha value is -1.31. The van der Waals surface area contributed by atoms with Crippen LogP contribution < -0.4 is 0 Å². The monoisotopic (exact) mass is 340 g/mol. The van der Waals surface area contributed by atoms with Crippen LogP contribution in [0.4, 0.5) is 0 Å². The summed E-state index contributed by atoms with van der Waals surface area (Å²) in [6.07, 6.45) is 8.20. The fourth-order valence-corrected chi connectivity index (χ4v) is 2.89. The Bertz CT molecular complexity index is 607. The van der Waals surface area contributed by atoms with Gasteiger partial charge in [0.1, 0.15) is 0 Å². The van der Waals surface area contributed by atoms with Crippen LogP contribution in [-0.2, 0) is 23.5 Å². The van der Waals surface area contributed by atoms with E-state index < -0.39 is 5.97 Å². The largest absolute Gasteiger partial charge is 0.478 e. The first-order valence-corrected chi connectivity index (χ1v) is 7.98. The maximum atomic E-state index is 11.4. The number of carbonyl (C=O) groups is 1. The molecule has 2 aromatic rings. The van der Waals surface area contributed by atoms with Crippen LogP contribution in [-0.4, -0.2) is 11.1 Å². The molecule has 0 aliphatic carbocycles. The molecule has 0 aliphatic rings. The number of carboxylic acid groups (broad SMARTS) is 1. The second-order valence-electron chi connectivity index (χ2n) is 5.64. The zero-order valence-electron chi connectivity index (χ0n) is 13.1. The fourth-order valence-electron chi connectivity index (χ4n) is 2.89. The Morgan fingerprint density at radius 3 is 2.36 bits per heavy atom. The minimum Gasteiger partial charge on any atom is -0.478 e. The van der Waals surface area contributed by atoms with E-state index >= 15 is 0 Å². The first-order chi connectivity index (χ1) is 10.2. The molecule has 2 nitrogen and oxygen atoms in total. The van der Waals surface area contributed by atoms with Crippen LogP contribution in [0.1, 0.15) is 61.4 Å². The third-order valence-corrected chi connectivity index (χ3v) is 4.05.